The van der Waals surface area contributed by atoms with Crippen molar-refractivity contribution in [2.45, 2.75) is 13.3 Å². The van der Waals surface area contributed by atoms with E-state index in [1.165, 1.54) is 0 Å². The molecule has 0 bridgehead atoms. The van der Waals surface area contributed by atoms with Crippen molar-refractivity contribution in [2.75, 3.05) is 18.4 Å². The fourth-order valence-corrected chi connectivity index (χ4v) is 3.09. The first-order chi connectivity index (χ1) is 15.1. The van der Waals surface area contributed by atoms with E-state index in [4.69, 9.17) is 0 Å². The molecule has 6 heteroatoms. The van der Waals surface area contributed by atoms with Gasteiger partial charge in [-0.05, 0) is 41.3 Å². The van der Waals surface area contributed by atoms with Gasteiger partial charge in [0.1, 0.15) is 0 Å². The number of aryl methyl sites for hydroxylation is 1. The predicted octanol–water partition coefficient (Wildman–Crippen LogP) is 3.40. The Balaban J connectivity index is 1.44. The summed E-state index contributed by atoms with van der Waals surface area (Å²) in [6.45, 7) is 1.63. The predicted molar refractivity (Wildman–Crippen MR) is 122 cm³/mol. The van der Waals surface area contributed by atoms with Crippen molar-refractivity contribution in [1.82, 2.24) is 10.6 Å². The summed E-state index contributed by atoms with van der Waals surface area (Å²) < 4.78 is 0. The molecule has 0 aliphatic rings. The van der Waals surface area contributed by atoms with Crippen LogP contribution in [0.5, 0.6) is 0 Å². The van der Waals surface area contributed by atoms with Gasteiger partial charge in [-0.15, -0.1) is 0 Å². The average Bonchev–Trinajstić information content (AvgIpc) is 2.82. The zero-order valence-electron chi connectivity index (χ0n) is 17.4. The van der Waals surface area contributed by atoms with Crippen molar-refractivity contribution in [3.63, 3.8) is 0 Å². The number of carbonyl (C=O) groups excluding carboxylic acids is 3. The molecule has 31 heavy (non-hydrogen) atoms. The lowest BCUT2D eigenvalue weighted by molar-refractivity contribution is -0.123. The molecule has 0 aliphatic heterocycles. The fourth-order valence-electron chi connectivity index (χ4n) is 3.09. The van der Waals surface area contributed by atoms with Crippen LogP contribution in [0.4, 0.5) is 5.69 Å². The Labute approximate surface area is 181 Å². The van der Waals surface area contributed by atoms with E-state index in [0.29, 0.717) is 5.56 Å². The highest BCUT2D eigenvalue weighted by Gasteiger charge is 2.10. The lowest BCUT2D eigenvalue weighted by Crippen LogP contribution is -2.40. The van der Waals surface area contributed by atoms with Gasteiger partial charge >= 0.3 is 0 Å². The topological polar surface area (TPSA) is 87.3 Å². The molecule has 0 saturated heterocycles. The van der Waals surface area contributed by atoms with Gasteiger partial charge in [0.05, 0.1) is 13.1 Å². The van der Waals surface area contributed by atoms with Gasteiger partial charge in [0.2, 0.25) is 11.8 Å². The third-order valence-corrected chi connectivity index (χ3v) is 4.78. The highest BCUT2D eigenvalue weighted by molar-refractivity contribution is 5.98. The summed E-state index contributed by atoms with van der Waals surface area (Å²) in [5, 5.41) is 7.86. The summed E-state index contributed by atoms with van der Waals surface area (Å²) >= 11 is 0. The van der Waals surface area contributed by atoms with Gasteiger partial charge in [0.25, 0.3) is 5.91 Å². The third kappa shape index (κ3) is 6.27. The smallest absolute Gasteiger partial charge is 0.251 e. The first-order valence-electron chi connectivity index (χ1n) is 10.1. The second kappa shape index (κ2) is 10.7. The maximum atomic E-state index is 12.3. The molecule has 0 saturated carbocycles. The number of carbonyl (C=O) groups is 3. The number of amides is 3. The number of hydrogen-bond donors (Lipinski definition) is 3. The van der Waals surface area contributed by atoms with E-state index >= 15 is 0 Å². The largest absolute Gasteiger partial charge is 0.345 e. The van der Waals surface area contributed by atoms with Crippen molar-refractivity contribution in [1.29, 1.82) is 0 Å². The molecule has 3 N–H and O–H groups in total. The first kappa shape index (κ1) is 21.8. The van der Waals surface area contributed by atoms with Gasteiger partial charge in [-0.3, -0.25) is 14.4 Å². The van der Waals surface area contributed by atoms with Crippen LogP contribution in [0.1, 0.15) is 22.8 Å². The molecular weight excluding hydrogens is 390 g/mol. The maximum Gasteiger partial charge on any atom is 0.251 e. The minimum atomic E-state index is -0.437. The molecule has 0 spiro atoms. The van der Waals surface area contributed by atoms with Crippen LogP contribution in [0.2, 0.25) is 0 Å². The van der Waals surface area contributed by atoms with Gasteiger partial charge in [-0.25, -0.2) is 0 Å². The highest BCUT2D eigenvalue weighted by Crippen LogP contribution is 2.19. The summed E-state index contributed by atoms with van der Waals surface area (Å²) in [5.41, 5.74) is 4.28. The first-order valence-corrected chi connectivity index (χ1v) is 10.1. The van der Waals surface area contributed by atoms with Crippen molar-refractivity contribution in [2.24, 2.45) is 0 Å². The van der Waals surface area contributed by atoms with Crippen LogP contribution in [0.15, 0.2) is 78.9 Å². The van der Waals surface area contributed by atoms with E-state index in [0.717, 1.165) is 28.8 Å². The van der Waals surface area contributed by atoms with Crippen LogP contribution in [0.3, 0.4) is 0 Å². The number of anilines is 1. The van der Waals surface area contributed by atoms with Crippen LogP contribution < -0.4 is 16.0 Å². The molecule has 0 fully saturated rings. The number of rotatable bonds is 8. The minimum absolute atomic E-state index is 0.168. The zero-order chi connectivity index (χ0) is 22.1. The van der Waals surface area contributed by atoms with Crippen LogP contribution in [0, 0.1) is 0 Å². The summed E-state index contributed by atoms with van der Waals surface area (Å²) in [5.74, 6) is -1.11. The average molecular weight is 415 g/mol. The Kier molecular flexibility index (Phi) is 7.54. The number of benzene rings is 3. The summed E-state index contributed by atoms with van der Waals surface area (Å²) in [6, 6.07) is 24.5. The second-order valence-corrected chi connectivity index (χ2v) is 6.96. The Morgan fingerprint density at radius 2 is 1.29 bits per heavy atom. The highest BCUT2D eigenvalue weighted by atomic mass is 16.2. The molecule has 3 aromatic rings. The van der Waals surface area contributed by atoms with E-state index < -0.39 is 5.91 Å². The molecule has 3 rings (SSSR count). The molecule has 0 aliphatic carbocycles. The summed E-state index contributed by atoms with van der Waals surface area (Å²) in [7, 11) is 0. The lowest BCUT2D eigenvalue weighted by atomic mass is 10.0. The molecule has 0 heterocycles. The lowest BCUT2D eigenvalue weighted by Gasteiger charge is -2.11. The van der Waals surface area contributed by atoms with E-state index in [1.807, 2.05) is 73.7 Å². The molecule has 0 aromatic heterocycles. The third-order valence-electron chi connectivity index (χ3n) is 4.78. The molecule has 6 nitrogen and oxygen atoms in total. The van der Waals surface area contributed by atoms with E-state index in [1.54, 1.807) is 12.1 Å². The molecule has 3 aromatic carbocycles. The van der Waals surface area contributed by atoms with E-state index in [-0.39, 0.29) is 24.9 Å². The van der Waals surface area contributed by atoms with Crippen LogP contribution in [-0.2, 0) is 16.0 Å². The Bertz CT molecular complexity index is 1050. The van der Waals surface area contributed by atoms with Crippen LogP contribution >= 0.6 is 0 Å². The van der Waals surface area contributed by atoms with E-state index in [9.17, 15) is 14.4 Å². The van der Waals surface area contributed by atoms with Crippen LogP contribution in [0.25, 0.3) is 11.1 Å². The molecule has 158 valence electrons. The van der Waals surface area contributed by atoms with E-state index in [2.05, 4.69) is 16.0 Å². The second-order valence-electron chi connectivity index (χ2n) is 6.96. The Morgan fingerprint density at radius 1 is 0.677 bits per heavy atom. The van der Waals surface area contributed by atoms with Crippen molar-refractivity contribution < 1.29 is 14.4 Å². The molecule has 3 amide bonds. The quantitative estimate of drug-likeness (QED) is 0.527. The summed E-state index contributed by atoms with van der Waals surface area (Å²) in [6.07, 6.45) is 0.793. The molecule has 0 radical (unpaired) electrons. The Hall–Kier alpha value is -3.93. The SMILES string of the molecule is CCc1ccccc1NC(=O)CNC(=O)CNC(=O)c1ccc(-c2ccccc2)cc1. The fraction of sp³-hybridized carbons (Fsp3) is 0.160. The van der Waals surface area contributed by atoms with Crippen molar-refractivity contribution in [3.8, 4) is 11.1 Å². The molecular formula is C25H25N3O3. The monoisotopic (exact) mass is 415 g/mol. The van der Waals surface area contributed by atoms with Crippen molar-refractivity contribution in [3.05, 3.63) is 90.0 Å². The number of para-hydroxylation sites is 1. The zero-order valence-corrected chi connectivity index (χ0v) is 17.4. The van der Waals surface area contributed by atoms with Gasteiger partial charge in [-0.2, -0.15) is 0 Å². The molecule has 0 atom stereocenters. The number of nitrogens with one attached hydrogen (secondary N) is 3. The number of hydrogen-bond acceptors (Lipinski definition) is 3. The Morgan fingerprint density at radius 3 is 2.00 bits per heavy atom. The van der Waals surface area contributed by atoms with Gasteiger partial charge in [0.15, 0.2) is 0 Å². The van der Waals surface area contributed by atoms with Crippen molar-refractivity contribution >= 4 is 23.4 Å². The standard InChI is InChI=1S/C25H25N3O3/c1-2-18-8-6-7-11-22(18)28-24(30)17-26-23(29)16-27-25(31)21-14-12-20(13-15-21)19-9-4-3-5-10-19/h3-15H,2,16-17H2,1H3,(H,26,29)(H,27,31)(H,28,30). The maximum absolute atomic E-state index is 12.3. The normalized spacial score (nSPS) is 10.2. The molecule has 0 unspecified atom stereocenters. The minimum Gasteiger partial charge on any atom is -0.345 e. The summed E-state index contributed by atoms with van der Waals surface area (Å²) in [4.78, 5) is 36.3. The van der Waals surface area contributed by atoms with Gasteiger partial charge in [-0.1, -0.05) is 67.6 Å². The van der Waals surface area contributed by atoms with Gasteiger partial charge in [0, 0.05) is 11.3 Å². The van der Waals surface area contributed by atoms with Crippen LogP contribution in [-0.4, -0.2) is 30.8 Å². The van der Waals surface area contributed by atoms with Gasteiger partial charge < -0.3 is 16.0 Å².